The Morgan fingerprint density at radius 1 is 1.17 bits per heavy atom. The number of nitrogen functional groups attached to an aromatic ring is 1. The van der Waals surface area contributed by atoms with Crippen LogP contribution < -0.4 is 10.6 Å². The summed E-state index contributed by atoms with van der Waals surface area (Å²) in [4.78, 5) is 10.6. The number of aromatic nitrogens is 2. The first-order valence-electron chi connectivity index (χ1n) is 8.02. The van der Waals surface area contributed by atoms with Crippen molar-refractivity contribution in [3.63, 3.8) is 0 Å². The quantitative estimate of drug-likeness (QED) is 0.791. The minimum atomic E-state index is 0.142. The summed E-state index contributed by atoms with van der Waals surface area (Å²) in [6.45, 7) is 8.28. The van der Waals surface area contributed by atoms with Crippen molar-refractivity contribution in [3.8, 4) is 0 Å². The second-order valence-corrected chi connectivity index (χ2v) is 7.30. The van der Waals surface area contributed by atoms with E-state index in [2.05, 4.69) is 59.9 Å². The fourth-order valence-corrected chi connectivity index (χ4v) is 2.55. The molecule has 0 saturated heterocycles. The lowest BCUT2D eigenvalue weighted by Crippen LogP contribution is -2.33. The Morgan fingerprint density at radius 2 is 1.88 bits per heavy atom. The molecule has 0 aliphatic carbocycles. The van der Waals surface area contributed by atoms with Crippen LogP contribution in [0.3, 0.4) is 0 Å². The Balaban J connectivity index is 2.20. The molecule has 0 fully saturated rings. The van der Waals surface area contributed by atoms with E-state index in [1.165, 1.54) is 5.56 Å². The van der Waals surface area contributed by atoms with Crippen molar-refractivity contribution in [2.24, 2.45) is 5.41 Å². The number of hydrogen-bond acceptors (Lipinski definition) is 4. The third-order valence-corrected chi connectivity index (χ3v) is 3.58. The van der Waals surface area contributed by atoms with Crippen LogP contribution in [0, 0.1) is 5.41 Å². The average Bonchev–Trinajstić information content (AvgIpc) is 2.52. The van der Waals surface area contributed by atoms with E-state index in [0.717, 1.165) is 24.5 Å². The van der Waals surface area contributed by atoms with Gasteiger partial charge < -0.3 is 10.6 Å². The van der Waals surface area contributed by atoms with Gasteiger partial charge in [0.1, 0.15) is 5.82 Å². The predicted octanol–water partition coefficient (Wildman–Crippen LogP) is 4.36. The molecule has 2 aromatic rings. The number of hydrogen-bond donors (Lipinski definition) is 1. The molecule has 128 valence electrons. The summed E-state index contributed by atoms with van der Waals surface area (Å²) in [6.07, 6.45) is 5.66. The predicted molar refractivity (Wildman–Crippen MR) is 103 cm³/mol. The Labute approximate surface area is 149 Å². The molecule has 0 amide bonds. The van der Waals surface area contributed by atoms with Crippen molar-refractivity contribution in [1.82, 2.24) is 9.97 Å². The lowest BCUT2D eigenvalue weighted by Gasteiger charge is -2.31. The Kier molecular flexibility index (Phi) is 6.21. The van der Waals surface area contributed by atoms with Gasteiger partial charge in [0, 0.05) is 25.2 Å². The molecule has 1 aromatic carbocycles. The zero-order chi connectivity index (χ0) is 17.6. The van der Waals surface area contributed by atoms with Gasteiger partial charge in [-0.25, -0.2) is 4.98 Å². The molecule has 1 aromatic heterocycles. The van der Waals surface area contributed by atoms with Gasteiger partial charge >= 0.3 is 0 Å². The maximum Gasteiger partial charge on any atom is 0.221 e. The van der Waals surface area contributed by atoms with Crippen LogP contribution in [0.25, 0.3) is 6.08 Å². The van der Waals surface area contributed by atoms with Crippen molar-refractivity contribution in [1.29, 1.82) is 0 Å². The van der Waals surface area contributed by atoms with Crippen LogP contribution in [0.15, 0.2) is 42.6 Å². The third-order valence-electron chi connectivity index (χ3n) is 3.40. The van der Waals surface area contributed by atoms with Gasteiger partial charge in [0.25, 0.3) is 0 Å². The first-order chi connectivity index (χ1) is 11.4. The monoisotopic (exact) mass is 344 g/mol. The molecule has 2 N–H and O–H groups in total. The Morgan fingerprint density at radius 3 is 2.46 bits per heavy atom. The van der Waals surface area contributed by atoms with Gasteiger partial charge in [-0.2, -0.15) is 4.98 Å². The van der Waals surface area contributed by atoms with Crippen molar-refractivity contribution in [2.45, 2.75) is 27.3 Å². The molecular formula is C19H25ClN4. The molecule has 24 heavy (non-hydrogen) atoms. The largest absolute Gasteiger partial charge is 0.368 e. The van der Waals surface area contributed by atoms with E-state index in [4.69, 9.17) is 17.3 Å². The zero-order valence-electron chi connectivity index (χ0n) is 14.5. The van der Waals surface area contributed by atoms with Crippen LogP contribution in [-0.4, -0.2) is 22.4 Å². The van der Waals surface area contributed by atoms with Crippen LogP contribution in [0.2, 0.25) is 0 Å². The SMILES string of the molecule is CC(C)(C)CN(Cc1ccc(/C=C/CCl)cc1)c1ccnc(N)n1. The molecule has 2 rings (SSSR count). The molecule has 0 aliphatic rings. The third kappa shape index (κ3) is 5.85. The van der Waals surface area contributed by atoms with Crippen molar-refractivity contribution in [3.05, 3.63) is 53.7 Å². The lowest BCUT2D eigenvalue weighted by molar-refractivity contribution is 0.407. The van der Waals surface area contributed by atoms with Gasteiger partial charge in [-0.15, -0.1) is 11.6 Å². The van der Waals surface area contributed by atoms with E-state index >= 15 is 0 Å². The van der Waals surface area contributed by atoms with Crippen LogP contribution in [0.5, 0.6) is 0 Å². The topological polar surface area (TPSA) is 55.0 Å². The molecule has 0 atom stereocenters. The van der Waals surface area contributed by atoms with Gasteiger partial charge in [0.05, 0.1) is 0 Å². The number of nitrogens with zero attached hydrogens (tertiary/aromatic N) is 3. The highest BCUT2D eigenvalue weighted by Crippen LogP contribution is 2.22. The highest BCUT2D eigenvalue weighted by atomic mass is 35.5. The summed E-state index contributed by atoms with van der Waals surface area (Å²) in [5.41, 5.74) is 8.26. The lowest BCUT2D eigenvalue weighted by atomic mass is 9.95. The van der Waals surface area contributed by atoms with Crippen molar-refractivity contribution >= 4 is 29.4 Å². The smallest absolute Gasteiger partial charge is 0.221 e. The maximum absolute atomic E-state index is 5.75. The fourth-order valence-electron chi connectivity index (χ4n) is 2.47. The average molecular weight is 345 g/mol. The maximum atomic E-state index is 5.75. The number of alkyl halides is 1. The van der Waals surface area contributed by atoms with Crippen LogP contribution in [-0.2, 0) is 6.54 Å². The number of benzene rings is 1. The molecule has 5 heteroatoms. The summed E-state index contributed by atoms with van der Waals surface area (Å²) in [5, 5.41) is 0. The minimum Gasteiger partial charge on any atom is -0.368 e. The second kappa shape index (κ2) is 8.15. The van der Waals surface area contributed by atoms with Gasteiger partial charge in [-0.05, 0) is 22.6 Å². The van der Waals surface area contributed by atoms with E-state index in [1.807, 2.05) is 18.2 Å². The highest BCUT2D eigenvalue weighted by molar-refractivity contribution is 6.19. The molecule has 0 saturated carbocycles. The highest BCUT2D eigenvalue weighted by Gasteiger charge is 2.18. The van der Waals surface area contributed by atoms with E-state index in [1.54, 1.807) is 6.20 Å². The molecule has 0 unspecified atom stereocenters. The number of halogens is 1. The van der Waals surface area contributed by atoms with Crippen molar-refractivity contribution in [2.75, 3.05) is 23.1 Å². The molecule has 0 aliphatic heterocycles. The first kappa shape index (κ1) is 18.3. The zero-order valence-corrected chi connectivity index (χ0v) is 15.3. The van der Waals surface area contributed by atoms with E-state index in [9.17, 15) is 0 Å². The van der Waals surface area contributed by atoms with Crippen LogP contribution in [0.4, 0.5) is 11.8 Å². The Bertz CT molecular complexity index is 675. The number of allylic oxidation sites excluding steroid dienone is 1. The standard InChI is InChI=1S/C19H25ClN4/c1-19(2,3)14-24(17-10-12-22-18(21)23-17)13-16-8-6-15(7-9-16)5-4-11-20/h4-10,12H,11,13-14H2,1-3H3,(H2,21,22,23)/b5-4+. The summed E-state index contributed by atoms with van der Waals surface area (Å²) in [5.74, 6) is 1.67. The summed E-state index contributed by atoms with van der Waals surface area (Å²) >= 11 is 5.68. The molecule has 4 nitrogen and oxygen atoms in total. The summed E-state index contributed by atoms with van der Waals surface area (Å²) in [7, 11) is 0. The molecular weight excluding hydrogens is 320 g/mol. The van der Waals surface area contributed by atoms with Gasteiger partial charge in [-0.3, -0.25) is 0 Å². The van der Waals surface area contributed by atoms with Gasteiger partial charge in [0.15, 0.2) is 0 Å². The molecule has 0 spiro atoms. The van der Waals surface area contributed by atoms with Crippen LogP contribution in [0.1, 0.15) is 31.9 Å². The van der Waals surface area contributed by atoms with E-state index < -0.39 is 0 Å². The molecule has 0 bridgehead atoms. The van der Waals surface area contributed by atoms with Crippen molar-refractivity contribution < 1.29 is 0 Å². The van der Waals surface area contributed by atoms with Crippen LogP contribution >= 0.6 is 11.6 Å². The van der Waals surface area contributed by atoms with E-state index in [-0.39, 0.29) is 5.41 Å². The summed E-state index contributed by atoms with van der Waals surface area (Å²) < 4.78 is 0. The number of rotatable bonds is 6. The van der Waals surface area contributed by atoms with Gasteiger partial charge in [-0.1, -0.05) is 57.2 Å². The van der Waals surface area contributed by atoms with E-state index in [0.29, 0.717) is 11.8 Å². The normalized spacial score (nSPS) is 11.8. The second-order valence-electron chi connectivity index (χ2n) is 6.99. The van der Waals surface area contributed by atoms with Gasteiger partial charge in [0.2, 0.25) is 5.95 Å². The Hall–Kier alpha value is -2.07. The first-order valence-corrected chi connectivity index (χ1v) is 8.56. The fraction of sp³-hybridized carbons (Fsp3) is 0.368. The molecule has 0 radical (unpaired) electrons. The number of nitrogens with two attached hydrogens (primary N) is 1. The molecule has 1 heterocycles. The summed E-state index contributed by atoms with van der Waals surface area (Å²) in [6, 6.07) is 10.4. The minimum absolute atomic E-state index is 0.142. The number of anilines is 2.